The van der Waals surface area contributed by atoms with Gasteiger partial charge in [-0.1, -0.05) is 18.2 Å². The Morgan fingerprint density at radius 3 is 2.68 bits per heavy atom. The number of nitrogens with zero attached hydrogens (tertiary/aromatic N) is 1. The number of aromatic amines is 1. The van der Waals surface area contributed by atoms with E-state index in [0.717, 1.165) is 28.6 Å². The molecule has 1 atom stereocenters. The van der Waals surface area contributed by atoms with E-state index in [4.69, 9.17) is 4.74 Å². The number of hydrogen-bond donors (Lipinski definition) is 2. The summed E-state index contributed by atoms with van der Waals surface area (Å²) in [6.07, 6.45) is 1.75. The largest absolute Gasteiger partial charge is 0.456 e. The lowest BCUT2D eigenvalue weighted by atomic mass is 9.96. The molecule has 1 saturated carbocycles. The molecule has 2 aromatic rings. The minimum absolute atomic E-state index is 0.108. The summed E-state index contributed by atoms with van der Waals surface area (Å²) in [5.41, 5.74) is 1.04. The first-order chi connectivity index (χ1) is 13.3. The first-order valence-electron chi connectivity index (χ1n) is 9.21. The van der Waals surface area contributed by atoms with Crippen LogP contribution in [0.25, 0.3) is 10.9 Å². The quantitative estimate of drug-likeness (QED) is 0.450. The normalized spacial score (nSPS) is 21.9. The van der Waals surface area contributed by atoms with Crippen LogP contribution in [0.3, 0.4) is 0 Å². The SMILES string of the molecule is Cc1[nH]c2ccccc2c1C(=O)COC(=O)CN1C(=O)N[C@](C)(C2CC2)C1=O. The number of Topliss-reactive ketones (excluding diaryl/α,β-unsaturated/α-hetero) is 1. The second-order valence-electron chi connectivity index (χ2n) is 7.55. The van der Waals surface area contributed by atoms with Gasteiger partial charge < -0.3 is 15.0 Å². The Kier molecular flexibility index (Phi) is 4.21. The third-order valence-corrected chi connectivity index (χ3v) is 5.52. The van der Waals surface area contributed by atoms with E-state index in [2.05, 4.69) is 10.3 Å². The van der Waals surface area contributed by atoms with Gasteiger partial charge in [0.25, 0.3) is 5.91 Å². The number of aryl methyl sites for hydroxylation is 1. The number of para-hydroxylation sites is 1. The van der Waals surface area contributed by atoms with Gasteiger partial charge in [0.05, 0.1) is 0 Å². The van der Waals surface area contributed by atoms with Crippen LogP contribution in [0.4, 0.5) is 4.79 Å². The predicted octanol–water partition coefficient (Wildman–Crippen LogP) is 1.92. The number of esters is 1. The zero-order valence-corrected chi connectivity index (χ0v) is 15.7. The maximum absolute atomic E-state index is 12.6. The molecule has 146 valence electrons. The highest BCUT2D eigenvalue weighted by Gasteiger charge is 2.56. The smallest absolute Gasteiger partial charge is 0.326 e. The fraction of sp³-hybridized carbons (Fsp3) is 0.400. The fourth-order valence-electron chi connectivity index (χ4n) is 3.83. The predicted molar refractivity (Wildman–Crippen MR) is 99.7 cm³/mol. The van der Waals surface area contributed by atoms with Gasteiger partial charge in [0.2, 0.25) is 5.78 Å². The molecule has 1 aromatic heterocycles. The number of H-pyrrole nitrogens is 1. The number of nitrogens with one attached hydrogen (secondary N) is 2. The van der Waals surface area contributed by atoms with Gasteiger partial charge in [-0.25, -0.2) is 4.79 Å². The Morgan fingerprint density at radius 1 is 1.25 bits per heavy atom. The molecule has 2 heterocycles. The standard InChI is InChI=1S/C20H21N3O5/c1-11-17(13-5-3-4-6-14(13)21-11)15(24)10-28-16(25)9-23-18(26)20(2,12-7-8-12)22-19(23)27/h3-6,12,21H,7-10H2,1-2H3,(H,22,27)/t20-/m1/s1. The summed E-state index contributed by atoms with van der Waals surface area (Å²) in [5, 5.41) is 3.43. The minimum atomic E-state index is -0.950. The third kappa shape index (κ3) is 2.94. The van der Waals surface area contributed by atoms with Crippen molar-refractivity contribution in [1.82, 2.24) is 15.2 Å². The fourth-order valence-corrected chi connectivity index (χ4v) is 3.83. The molecule has 2 fully saturated rings. The van der Waals surface area contributed by atoms with Crippen molar-refractivity contribution in [3.05, 3.63) is 35.5 Å². The van der Waals surface area contributed by atoms with Crippen molar-refractivity contribution >= 4 is 34.6 Å². The average molecular weight is 383 g/mol. The Hall–Kier alpha value is -3.16. The van der Waals surface area contributed by atoms with Crippen LogP contribution in [-0.2, 0) is 14.3 Å². The summed E-state index contributed by atoms with van der Waals surface area (Å²) in [4.78, 5) is 53.3. The number of carbonyl (C=O) groups excluding carboxylic acids is 4. The summed E-state index contributed by atoms with van der Waals surface area (Å²) in [5.74, 6) is -1.45. The van der Waals surface area contributed by atoms with Crippen LogP contribution in [0.1, 0.15) is 35.8 Å². The Balaban J connectivity index is 1.39. The van der Waals surface area contributed by atoms with E-state index in [9.17, 15) is 19.2 Å². The second-order valence-corrected chi connectivity index (χ2v) is 7.55. The molecule has 2 N–H and O–H groups in total. The number of ketones is 1. The highest BCUT2D eigenvalue weighted by atomic mass is 16.5. The first-order valence-corrected chi connectivity index (χ1v) is 9.21. The topological polar surface area (TPSA) is 109 Å². The molecule has 1 aromatic carbocycles. The van der Waals surface area contributed by atoms with E-state index in [1.165, 1.54) is 0 Å². The van der Waals surface area contributed by atoms with Crippen molar-refractivity contribution in [2.45, 2.75) is 32.2 Å². The summed E-state index contributed by atoms with van der Waals surface area (Å²) < 4.78 is 5.06. The lowest BCUT2D eigenvalue weighted by molar-refractivity contribution is -0.146. The number of aromatic nitrogens is 1. The molecule has 1 aliphatic heterocycles. The Bertz CT molecular complexity index is 1010. The van der Waals surface area contributed by atoms with Gasteiger partial charge in [-0.05, 0) is 38.7 Å². The maximum atomic E-state index is 12.6. The number of carbonyl (C=O) groups is 4. The van der Waals surface area contributed by atoms with Crippen LogP contribution in [0.15, 0.2) is 24.3 Å². The number of ether oxygens (including phenoxy) is 1. The molecule has 0 spiro atoms. The summed E-state index contributed by atoms with van der Waals surface area (Å²) >= 11 is 0. The zero-order valence-electron chi connectivity index (χ0n) is 15.7. The number of rotatable bonds is 6. The summed E-state index contributed by atoms with van der Waals surface area (Å²) in [6, 6.07) is 6.77. The number of urea groups is 1. The number of imide groups is 1. The maximum Gasteiger partial charge on any atom is 0.326 e. The van der Waals surface area contributed by atoms with Gasteiger partial charge >= 0.3 is 12.0 Å². The average Bonchev–Trinajstić information content (AvgIpc) is 3.42. The van der Waals surface area contributed by atoms with Gasteiger partial charge in [0, 0.05) is 22.2 Å². The number of fused-ring (bicyclic) bond motifs is 1. The number of amides is 3. The molecular weight excluding hydrogens is 362 g/mol. The van der Waals surface area contributed by atoms with Crippen LogP contribution in [0.2, 0.25) is 0 Å². The van der Waals surface area contributed by atoms with Crippen LogP contribution in [-0.4, -0.2) is 52.3 Å². The highest BCUT2D eigenvalue weighted by Crippen LogP contribution is 2.42. The Labute approximate surface area is 161 Å². The monoisotopic (exact) mass is 383 g/mol. The molecule has 28 heavy (non-hydrogen) atoms. The van der Waals surface area contributed by atoms with Crippen LogP contribution in [0, 0.1) is 12.8 Å². The van der Waals surface area contributed by atoms with Crippen LogP contribution in [0.5, 0.6) is 0 Å². The highest BCUT2D eigenvalue weighted by molar-refractivity contribution is 6.11. The number of benzene rings is 1. The molecule has 1 aliphatic carbocycles. The third-order valence-electron chi connectivity index (χ3n) is 5.52. The first kappa shape index (κ1) is 18.2. The van der Waals surface area contributed by atoms with Crippen molar-refractivity contribution in [2.75, 3.05) is 13.2 Å². The molecule has 1 saturated heterocycles. The minimum Gasteiger partial charge on any atom is -0.456 e. The lowest BCUT2D eigenvalue weighted by Crippen LogP contribution is -2.46. The number of hydrogen-bond acceptors (Lipinski definition) is 5. The van der Waals surface area contributed by atoms with E-state index in [1.807, 2.05) is 24.3 Å². The molecule has 2 aliphatic rings. The van der Waals surface area contributed by atoms with Crippen molar-refractivity contribution < 1.29 is 23.9 Å². The zero-order chi connectivity index (χ0) is 20.1. The van der Waals surface area contributed by atoms with Gasteiger partial charge in [0.1, 0.15) is 12.1 Å². The molecular formula is C20H21N3O5. The molecule has 8 heteroatoms. The van der Waals surface area contributed by atoms with Gasteiger partial charge in [-0.2, -0.15) is 0 Å². The van der Waals surface area contributed by atoms with Crippen molar-refractivity contribution in [1.29, 1.82) is 0 Å². The lowest BCUT2D eigenvalue weighted by Gasteiger charge is -2.20. The molecule has 8 nitrogen and oxygen atoms in total. The second kappa shape index (κ2) is 6.47. The van der Waals surface area contributed by atoms with Gasteiger partial charge in [-0.3, -0.25) is 19.3 Å². The van der Waals surface area contributed by atoms with E-state index >= 15 is 0 Å². The molecule has 0 bridgehead atoms. The van der Waals surface area contributed by atoms with Crippen LogP contribution >= 0.6 is 0 Å². The van der Waals surface area contributed by atoms with Crippen LogP contribution < -0.4 is 5.32 Å². The van der Waals surface area contributed by atoms with E-state index < -0.39 is 36.6 Å². The summed E-state index contributed by atoms with van der Waals surface area (Å²) in [7, 11) is 0. The van der Waals surface area contributed by atoms with Crippen molar-refractivity contribution in [3.63, 3.8) is 0 Å². The van der Waals surface area contributed by atoms with E-state index in [1.54, 1.807) is 13.8 Å². The van der Waals surface area contributed by atoms with E-state index in [-0.39, 0.29) is 11.7 Å². The van der Waals surface area contributed by atoms with Crippen molar-refractivity contribution in [2.24, 2.45) is 5.92 Å². The Morgan fingerprint density at radius 2 is 1.96 bits per heavy atom. The molecule has 4 rings (SSSR count). The van der Waals surface area contributed by atoms with Crippen molar-refractivity contribution in [3.8, 4) is 0 Å². The van der Waals surface area contributed by atoms with E-state index in [0.29, 0.717) is 11.3 Å². The molecule has 3 amide bonds. The van der Waals surface area contributed by atoms with Gasteiger partial charge in [-0.15, -0.1) is 0 Å². The molecule has 0 radical (unpaired) electrons. The summed E-state index contributed by atoms with van der Waals surface area (Å²) in [6.45, 7) is 2.50. The van der Waals surface area contributed by atoms with Gasteiger partial charge in [0.15, 0.2) is 6.61 Å². The molecule has 0 unspecified atom stereocenters.